The zero-order valence-electron chi connectivity index (χ0n) is 12.9. The van der Waals surface area contributed by atoms with Crippen LogP contribution in [0.4, 0.5) is 5.69 Å². The highest BCUT2D eigenvalue weighted by atomic mass is 32.2. The first kappa shape index (κ1) is 16.5. The zero-order valence-corrected chi connectivity index (χ0v) is 14.6. The van der Waals surface area contributed by atoms with Gasteiger partial charge in [-0.3, -0.25) is 14.7 Å². The van der Waals surface area contributed by atoms with Crippen LogP contribution < -0.4 is 10.1 Å². The van der Waals surface area contributed by atoms with Gasteiger partial charge in [-0.05, 0) is 35.9 Å². The number of anilines is 1. The van der Waals surface area contributed by atoms with Crippen molar-refractivity contribution in [1.29, 1.82) is 0 Å². The number of thiocarbonyl (C=S) groups is 1. The molecule has 5 nitrogen and oxygen atoms in total. The summed E-state index contributed by atoms with van der Waals surface area (Å²) in [5, 5.41) is 3.14. The van der Waals surface area contributed by atoms with Crippen molar-refractivity contribution < 1.29 is 9.53 Å². The predicted molar refractivity (Wildman–Crippen MR) is 101 cm³/mol. The van der Waals surface area contributed by atoms with Gasteiger partial charge in [0.2, 0.25) is 0 Å². The van der Waals surface area contributed by atoms with Crippen LogP contribution in [0.3, 0.4) is 0 Å². The highest BCUT2D eigenvalue weighted by Gasteiger charge is 2.31. The molecule has 24 heavy (non-hydrogen) atoms. The average Bonchev–Trinajstić information content (AvgIpc) is 2.88. The van der Waals surface area contributed by atoms with E-state index >= 15 is 0 Å². The quantitative estimate of drug-likeness (QED) is 0.654. The van der Waals surface area contributed by atoms with E-state index in [1.54, 1.807) is 24.4 Å². The third-order valence-electron chi connectivity index (χ3n) is 3.39. The summed E-state index contributed by atoms with van der Waals surface area (Å²) < 4.78 is 5.67. The number of hydrogen-bond acceptors (Lipinski definition) is 6. The molecule has 2 heterocycles. The molecule has 1 fully saturated rings. The third-order valence-corrected chi connectivity index (χ3v) is 4.77. The molecule has 2 aromatic rings. The highest BCUT2D eigenvalue weighted by Crippen LogP contribution is 2.32. The van der Waals surface area contributed by atoms with E-state index in [2.05, 4.69) is 10.3 Å². The van der Waals surface area contributed by atoms with Crippen molar-refractivity contribution >= 4 is 46.0 Å². The summed E-state index contributed by atoms with van der Waals surface area (Å²) in [6.45, 7) is 0.316. The number of pyridine rings is 1. The van der Waals surface area contributed by atoms with Gasteiger partial charge in [-0.15, -0.1) is 0 Å². The first-order valence-electron chi connectivity index (χ1n) is 7.20. The molecule has 0 saturated carbocycles. The van der Waals surface area contributed by atoms with Crippen molar-refractivity contribution in [2.24, 2.45) is 0 Å². The van der Waals surface area contributed by atoms with Gasteiger partial charge in [0.15, 0.2) is 0 Å². The SMILES string of the molecule is COc1ccc(C=C2SC(=S)N(CNc3cccnc3)C2=O)cc1. The molecule has 1 aliphatic rings. The summed E-state index contributed by atoms with van der Waals surface area (Å²) in [5.41, 5.74) is 1.77. The van der Waals surface area contributed by atoms with Crippen molar-refractivity contribution in [1.82, 2.24) is 9.88 Å². The van der Waals surface area contributed by atoms with Crippen molar-refractivity contribution in [3.8, 4) is 5.75 Å². The fraction of sp³-hybridized carbons (Fsp3) is 0.118. The largest absolute Gasteiger partial charge is 0.497 e. The van der Waals surface area contributed by atoms with E-state index in [9.17, 15) is 4.79 Å². The van der Waals surface area contributed by atoms with Crippen LogP contribution in [0.15, 0.2) is 53.7 Å². The Kier molecular flexibility index (Phi) is 5.12. The summed E-state index contributed by atoms with van der Waals surface area (Å²) in [5.74, 6) is 0.678. The number of methoxy groups -OCH3 is 1. The predicted octanol–water partition coefficient (Wildman–Crippen LogP) is 3.36. The van der Waals surface area contributed by atoms with E-state index < -0.39 is 0 Å². The van der Waals surface area contributed by atoms with Gasteiger partial charge in [-0.25, -0.2) is 0 Å². The smallest absolute Gasteiger partial charge is 0.267 e. The number of benzene rings is 1. The van der Waals surface area contributed by atoms with Crippen LogP contribution >= 0.6 is 24.0 Å². The van der Waals surface area contributed by atoms with Crippen LogP contribution in [0.2, 0.25) is 0 Å². The summed E-state index contributed by atoms with van der Waals surface area (Å²) in [6, 6.07) is 11.2. The standard InChI is InChI=1S/C17H15N3O2S2/c1-22-14-6-4-12(5-7-14)9-15-16(21)20(17(23)24-15)11-19-13-3-2-8-18-10-13/h2-10,19H,11H2,1H3. The lowest BCUT2D eigenvalue weighted by Crippen LogP contribution is -2.33. The molecule has 0 bridgehead atoms. The number of hydrogen-bond donors (Lipinski definition) is 1. The van der Waals surface area contributed by atoms with E-state index in [4.69, 9.17) is 17.0 Å². The number of nitrogens with one attached hydrogen (secondary N) is 1. The topological polar surface area (TPSA) is 54.5 Å². The molecular weight excluding hydrogens is 342 g/mol. The zero-order chi connectivity index (χ0) is 16.9. The number of carbonyl (C=O) groups is 1. The van der Waals surface area contributed by atoms with E-state index in [1.165, 1.54) is 11.8 Å². The summed E-state index contributed by atoms with van der Waals surface area (Å²) in [7, 11) is 1.62. The lowest BCUT2D eigenvalue weighted by molar-refractivity contribution is -0.121. The Morgan fingerprint density at radius 3 is 2.79 bits per heavy atom. The fourth-order valence-corrected chi connectivity index (χ4v) is 3.38. The first-order chi connectivity index (χ1) is 11.7. The molecule has 1 aromatic carbocycles. The van der Waals surface area contributed by atoms with Crippen molar-refractivity contribution in [3.05, 3.63) is 59.3 Å². The molecule has 7 heteroatoms. The molecule has 0 aliphatic carbocycles. The van der Waals surface area contributed by atoms with Gasteiger partial charge in [0.05, 0.1) is 24.4 Å². The third kappa shape index (κ3) is 3.74. The monoisotopic (exact) mass is 357 g/mol. The summed E-state index contributed by atoms with van der Waals surface area (Å²) >= 11 is 6.62. The molecule has 1 aromatic heterocycles. The van der Waals surface area contributed by atoms with Gasteiger partial charge >= 0.3 is 0 Å². The maximum atomic E-state index is 12.5. The molecule has 1 aliphatic heterocycles. The van der Waals surface area contributed by atoms with Gasteiger partial charge in [0.25, 0.3) is 5.91 Å². The fourth-order valence-electron chi connectivity index (χ4n) is 2.13. The Morgan fingerprint density at radius 1 is 1.33 bits per heavy atom. The minimum atomic E-state index is -0.0998. The second kappa shape index (κ2) is 7.46. The Morgan fingerprint density at radius 2 is 2.12 bits per heavy atom. The summed E-state index contributed by atoms with van der Waals surface area (Å²) in [4.78, 5) is 18.7. The number of aromatic nitrogens is 1. The lowest BCUT2D eigenvalue weighted by atomic mass is 10.2. The molecule has 122 valence electrons. The van der Waals surface area contributed by atoms with E-state index in [-0.39, 0.29) is 5.91 Å². The van der Waals surface area contributed by atoms with Gasteiger partial charge < -0.3 is 10.1 Å². The number of rotatable bonds is 5. The highest BCUT2D eigenvalue weighted by molar-refractivity contribution is 8.26. The van der Waals surface area contributed by atoms with Crippen LogP contribution in [0.1, 0.15) is 5.56 Å². The number of thioether (sulfide) groups is 1. The minimum absolute atomic E-state index is 0.0998. The Labute approximate surface area is 149 Å². The van der Waals surface area contributed by atoms with Crippen LogP contribution in [-0.4, -0.2) is 33.9 Å². The first-order valence-corrected chi connectivity index (χ1v) is 8.43. The Bertz CT molecular complexity index is 776. The van der Waals surface area contributed by atoms with E-state index in [1.807, 2.05) is 42.5 Å². The second-order valence-electron chi connectivity index (χ2n) is 4.96. The number of ether oxygens (including phenoxy) is 1. The minimum Gasteiger partial charge on any atom is -0.497 e. The van der Waals surface area contributed by atoms with Crippen molar-refractivity contribution in [2.45, 2.75) is 0 Å². The van der Waals surface area contributed by atoms with Crippen molar-refractivity contribution in [2.75, 3.05) is 19.1 Å². The molecule has 0 atom stereocenters. The Hall–Kier alpha value is -2.38. The van der Waals surface area contributed by atoms with Crippen LogP contribution in [0.5, 0.6) is 5.75 Å². The average molecular weight is 357 g/mol. The maximum absolute atomic E-state index is 12.5. The van der Waals surface area contributed by atoms with Gasteiger partial charge in [-0.1, -0.05) is 36.1 Å². The Balaban J connectivity index is 1.69. The second-order valence-corrected chi connectivity index (χ2v) is 6.64. The number of carbonyl (C=O) groups excluding carboxylic acids is 1. The molecule has 3 rings (SSSR count). The molecule has 1 amide bonds. The maximum Gasteiger partial charge on any atom is 0.267 e. The van der Waals surface area contributed by atoms with E-state index in [0.717, 1.165) is 17.0 Å². The van der Waals surface area contributed by atoms with Crippen molar-refractivity contribution in [3.63, 3.8) is 0 Å². The molecular formula is C17H15N3O2S2. The normalized spacial score (nSPS) is 15.9. The van der Waals surface area contributed by atoms with Gasteiger partial charge in [0.1, 0.15) is 10.1 Å². The van der Waals surface area contributed by atoms with Gasteiger partial charge in [-0.2, -0.15) is 0 Å². The number of amides is 1. The molecule has 1 saturated heterocycles. The van der Waals surface area contributed by atoms with Gasteiger partial charge in [0, 0.05) is 12.4 Å². The molecule has 0 spiro atoms. The van der Waals surface area contributed by atoms with Crippen LogP contribution in [0.25, 0.3) is 6.08 Å². The molecule has 0 unspecified atom stereocenters. The van der Waals surface area contributed by atoms with Crippen LogP contribution in [-0.2, 0) is 4.79 Å². The van der Waals surface area contributed by atoms with E-state index in [0.29, 0.717) is 15.9 Å². The molecule has 0 radical (unpaired) electrons. The lowest BCUT2D eigenvalue weighted by Gasteiger charge is -2.15. The number of nitrogens with zero attached hydrogens (tertiary/aromatic N) is 2. The van der Waals surface area contributed by atoms with Crippen LogP contribution in [0, 0.1) is 0 Å². The molecule has 1 N–H and O–H groups in total. The summed E-state index contributed by atoms with van der Waals surface area (Å²) in [6.07, 6.45) is 5.23.